The van der Waals surface area contributed by atoms with E-state index in [0.717, 1.165) is 0 Å². The Kier molecular flexibility index (Phi) is 3.49. The van der Waals surface area contributed by atoms with Gasteiger partial charge in [-0.05, 0) is 6.92 Å². The lowest BCUT2D eigenvalue weighted by molar-refractivity contribution is -0.195. The molecule has 1 fully saturated rings. The van der Waals surface area contributed by atoms with Crippen LogP contribution in [0.15, 0.2) is 0 Å². The number of ether oxygens (including phenoxy) is 1. The fourth-order valence-electron chi connectivity index (χ4n) is 1.11. The minimum Gasteiger partial charge on any atom is -0.362 e. The van der Waals surface area contributed by atoms with E-state index in [4.69, 9.17) is 9.57 Å². The first-order valence-corrected chi connectivity index (χ1v) is 4.86. The molecule has 1 aliphatic heterocycles. The summed E-state index contributed by atoms with van der Waals surface area (Å²) in [6.45, 7) is 2.08. The van der Waals surface area contributed by atoms with Crippen LogP contribution >= 0.6 is 15.9 Å². The van der Waals surface area contributed by atoms with Crippen LogP contribution < -0.4 is 0 Å². The number of amides is 1. The highest BCUT2D eigenvalue weighted by Crippen LogP contribution is 2.22. The Morgan fingerprint density at radius 1 is 1.75 bits per heavy atom. The molecule has 12 heavy (non-hydrogen) atoms. The number of hydrogen-bond acceptors (Lipinski definition) is 3. The topological polar surface area (TPSA) is 38.8 Å². The number of carbonyl (C=O) groups is 1. The van der Waals surface area contributed by atoms with Crippen LogP contribution in [-0.2, 0) is 14.4 Å². The summed E-state index contributed by atoms with van der Waals surface area (Å²) in [5, 5.41) is 1.89. The Bertz CT molecular complexity index is 176. The monoisotopic (exact) mass is 237 g/mol. The molecule has 0 aliphatic carbocycles. The van der Waals surface area contributed by atoms with Crippen LogP contribution in [0.1, 0.15) is 6.92 Å². The van der Waals surface area contributed by atoms with E-state index in [2.05, 4.69) is 15.9 Å². The zero-order valence-electron chi connectivity index (χ0n) is 7.12. The fourth-order valence-corrected chi connectivity index (χ4v) is 1.92. The molecule has 0 spiro atoms. The van der Waals surface area contributed by atoms with Crippen molar-refractivity contribution in [3.63, 3.8) is 0 Å². The van der Waals surface area contributed by atoms with Crippen molar-refractivity contribution in [2.75, 3.05) is 19.2 Å². The Labute approximate surface area is 79.9 Å². The normalized spacial score (nSPS) is 29.9. The Balaban J connectivity index is 2.56. The van der Waals surface area contributed by atoms with E-state index in [9.17, 15) is 4.79 Å². The van der Waals surface area contributed by atoms with Gasteiger partial charge in [-0.1, -0.05) is 15.9 Å². The average Bonchev–Trinajstić information content (AvgIpc) is 2.29. The predicted molar refractivity (Wildman–Crippen MR) is 46.6 cm³/mol. The van der Waals surface area contributed by atoms with Crippen molar-refractivity contribution in [3.05, 3.63) is 0 Å². The first-order valence-electron chi connectivity index (χ1n) is 3.73. The SMILES string of the molecule is COCN1OC(C)C(CBr)C1=O. The van der Waals surface area contributed by atoms with Crippen LogP contribution in [-0.4, -0.2) is 36.2 Å². The molecule has 1 saturated heterocycles. The van der Waals surface area contributed by atoms with Crippen molar-refractivity contribution in [2.24, 2.45) is 5.92 Å². The number of alkyl halides is 1. The molecule has 1 aliphatic rings. The minimum atomic E-state index is -0.0832. The second-order valence-electron chi connectivity index (χ2n) is 2.71. The molecule has 1 rings (SSSR count). The van der Waals surface area contributed by atoms with Crippen molar-refractivity contribution >= 4 is 21.8 Å². The molecular weight excluding hydrogens is 226 g/mol. The summed E-state index contributed by atoms with van der Waals surface area (Å²) >= 11 is 3.27. The van der Waals surface area contributed by atoms with Gasteiger partial charge in [-0.25, -0.2) is 0 Å². The molecular formula is C7H12BrNO3. The number of carbonyl (C=O) groups excluding carboxylic acids is 1. The zero-order chi connectivity index (χ0) is 9.14. The molecule has 0 bridgehead atoms. The van der Waals surface area contributed by atoms with Gasteiger partial charge in [-0.2, -0.15) is 5.06 Å². The number of nitrogens with zero attached hydrogens (tertiary/aromatic N) is 1. The van der Waals surface area contributed by atoms with Gasteiger partial charge in [0.2, 0.25) is 0 Å². The first kappa shape index (κ1) is 9.95. The van der Waals surface area contributed by atoms with Crippen LogP contribution in [0.4, 0.5) is 0 Å². The van der Waals surface area contributed by atoms with Crippen molar-refractivity contribution in [1.29, 1.82) is 0 Å². The highest BCUT2D eigenvalue weighted by atomic mass is 79.9. The van der Waals surface area contributed by atoms with Gasteiger partial charge in [0.15, 0.2) is 0 Å². The number of rotatable bonds is 3. The first-order chi connectivity index (χ1) is 5.70. The van der Waals surface area contributed by atoms with Gasteiger partial charge in [-0.3, -0.25) is 9.63 Å². The number of hydroxylamine groups is 2. The summed E-state index contributed by atoms with van der Waals surface area (Å²) in [7, 11) is 1.53. The van der Waals surface area contributed by atoms with E-state index in [-0.39, 0.29) is 24.7 Å². The third kappa shape index (κ3) is 1.78. The van der Waals surface area contributed by atoms with E-state index in [0.29, 0.717) is 5.33 Å². The maximum absolute atomic E-state index is 11.4. The quantitative estimate of drug-likeness (QED) is 0.681. The van der Waals surface area contributed by atoms with Crippen LogP contribution in [0.5, 0.6) is 0 Å². The van der Waals surface area contributed by atoms with Crippen molar-refractivity contribution < 1.29 is 14.4 Å². The summed E-state index contributed by atoms with van der Waals surface area (Å²) in [6, 6.07) is 0. The van der Waals surface area contributed by atoms with Gasteiger partial charge < -0.3 is 4.74 Å². The van der Waals surface area contributed by atoms with E-state index in [1.54, 1.807) is 0 Å². The highest BCUT2D eigenvalue weighted by Gasteiger charge is 2.38. The number of methoxy groups -OCH3 is 1. The lowest BCUT2D eigenvalue weighted by Crippen LogP contribution is -2.28. The molecule has 0 saturated carbocycles. The molecule has 5 heteroatoms. The number of halogens is 1. The smallest absolute Gasteiger partial charge is 0.255 e. The molecule has 1 amide bonds. The summed E-state index contributed by atoms with van der Waals surface area (Å²) in [6.07, 6.45) is -0.0629. The second kappa shape index (κ2) is 4.20. The summed E-state index contributed by atoms with van der Waals surface area (Å²) in [5.74, 6) is -0.0959. The molecule has 70 valence electrons. The van der Waals surface area contributed by atoms with Gasteiger partial charge >= 0.3 is 0 Å². The van der Waals surface area contributed by atoms with Crippen molar-refractivity contribution in [3.8, 4) is 0 Å². The van der Waals surface area contributed by atoms with Gasteiger partial charge in [0.25, 0.3) is 5.91 Å². The summed E-state index contributed by atoms with van der Waals surface area (Å²) in [4.78, 5) is 16.7. The van der Waals surface area contributed by atoms with Crippen LogP contribution in [0.2, 0.25) is 0 Å². The minimum absolute atomic E-state index is 0.0128. The van der Waals surface area contributed by atoms with Crippen LogP contribution in [0.3, 0.4) is 0 Å². The van der Waals surface area contributed by atoms with Crippen LogP contribution in [0, 0.1) is 5.92 Å². The van der Waals surface area contributed by atoms with Gasteiger partial charge in [0.1, 0.15) is 6.73 Å². The van der Waals surface area contributed by atoms with E-state index in [1.165, 1.54) is 12.2 Å². The van der Waals surface area contributed by atoms with Crippen molar-refractivity contribution in [1.82, 2.24) is 5.06 Å². The molecule has 4 nitrogen and oxygen atoms in total. The number of hydrogen-bond donors (Lipinski definition) is 0. The predicted octanol–water partition coefficient (Wildman–Crippen LogP) is 0.764. The Morgan fingerprint density at radius 3 is 2.83 bits per heavy atom. The highest BCUT2D eigenvalue weighted by molar-refractivity contribution is 9.09. The fraction of sp³-hybridized carbons (Fsp3) is 0.857. The van der Waals surface area contributed by atoms with Gasteiger partial charge in [-0.15, -0.1) is 0 Å². The average molecular weight is 238 g/mol. The Morgan fingerprint density at radius 2 is 2.42 bits per heavy atom. The third-order valence-corrected chi connectivity index (χ3v) is 2.53. The maximum Gasteiger partial charge on any atom is 0.255 e. The molecule has 0 aromatic carbocycles. The molecule has 2 atom stereocenters. The second-order valence-corrected chi connectivity index (χ2v) is 3.35. The lowest BCUT2D eigenvalue weighted by atomic mass is 10.1. The summed E-state index contributed by atoms with van der Waals surface area (Å²) < 4.78 is 4.80. The van der Waals surface area contributed by atoms with Gasteiger partial charge in [0, 0.05) is 12.4 Å². The molecule has 0 N–H and O–H groups in total. The maximum atomic E-state index is 11.4. The van der Waals surface area contributed by atoms with Gasteiger partial charge in [0.05, 0.1) is 12.0 Å². The van der Waals surface area contributed by atoms with E-state index < -0.39 is 0 Å². The molecule has 1 heterocycles. The molecule has 0 radical (unpaired) electrons. The molecule has 0 aromatic rings. The standard InChI is InChI=1S/C7H12BrNO3/c1-5-6(3-8)7(10)9(12-5)4-11-2/h5-6H,3-4H2,1-2H3. The van der Waals surface area contributed by atoms with E-state index >= 15 is 0 Å². The third-order valence-electron chi connectivity index (χ3n) is 1.84. The van der Waals surface area contributed by atoms with Crippen molar-refractivity contribution in [2.45, 2.75) is 13.0 Å². The molecule has 0 aromatic heterocycles. The zero-order valence-corrected chi connectivity index (χ0v) is 8.70. The molecule has 2 unspecified atom stereocenters. The Hall–Kier alpha value is -0.130. The summed E-state index contributed by atoms with van der Waals surface area (Å²) in [5.41, 5.74) is 0. The largest absolute Gasteiger partial charge is 0.362 e. The van der Waals surface area contributed by atoms with E-state index in [1.807, 2.05) is 6.92 Å². The lowest BCUT2D eigenvalue weighted by Gasteiger charge is -2.12. The van der Waals surface area contributed by atoms with Crippen LogP contribution in [0.25, 0.3) is 0 Å².